The van der Waals surface area contributed by atoms with Gasteiger partial charge in [0.05, 0.1) is 23.7 Å². The first kappa shape index (κ1) is 14.7. The highest BCUT2D eigenvalue weighted by molar-refractivity contribution is 6.02. The van der Waals surface area contributed by atoms with Crippen molar-refractivity contribution in [1.82, 2.24) is 10.2 Å². The third-order valence-corrected chi connectivity index (χ3v) is 3.22. The summed E-state index contributed by atoms with van der Waals surface area (Å²) in [5.41, 5.74) is 1.08. The molecule has 0 spiro atoms. The van der Waals surface area contributed by atoms with Crippen LogP contribution in [0.2, 0.25) is 0 Å². The highest BCUT2D eigenvalue weighted by Crippen LogP contribution is 2.29. The molecule has 21 heavy (non-hydrogen) atoms. The summed E-state index contributed by atoms with van der Waals surface area (Å²) >= 11 is 0. The zero-order valence-corrected chi connectivity index (χ0v) is 11.9. The third-order valence-electron chi connectivity index (χ3n) is 3.22. The molecule has 0 amide bonds. The molecule has 0 atom stereocenters. The highest BCUT2D eigenvalue weighted by atomic mass is 16.4. The van der Waals surface area contributed by atoms with Crippen molar-refractivity contribution < 1.29 is 9.90 Å². The molecule has 6 heteroatoms. The fraction of sp³-hybridized carbons (Fsp3) is 0.333. The van der Waals surface area contributed by atoms with Gasteiger partial charge in [-0.2, -0.15) is 5.26 Å². The molecule has 0 saturated heterocycles. The van der Waals surface area contributed by atoms with E-state index < -0.39 is 5.97 Å². The lowest BCUT2D eigenvalue weighted by atomic mass is 10.1. The van der Waals surface area contributed by atoms with Crippen LogP contribution < -0.4 is 4.90 Å². The number of aromatic carboxylic acids is 1. The van der Waals surface area contributed by atoms with E-state index in [1.165, 1.54) is 0 Å². The van der Waals surface area contributed by atoms with Gasteiger partial charge < -0.3 is 10.0 Å². The molecule has 0 fully saturated rings. The molecule has 1 N–H and O–H groups in total. The van der Waals surface area contributed by atoms with Gasteiger partial charge >= 0.3 is 5.97 Å². The number of hydrogen-bond donors (Lipinski definition) is 1. The van der Waals surface area contributed by atoms with Crippen LogP contribution in [-0.4, -0.2) is 33.9 Å². The molecule has 0 aliphatic heterocycles. The van der Waals surface area contributed by atoms with Crippen molar-refractivity contribution in [3.63, 3.8) is 0 Å². The number of carboxylic acids is 1. The molecule has 1 aromatic heterocycles. The molecule has 108 valence electrons. The van der Waals surface area contributed by atoms with Gasteiger partial charge in [-0.3, -0.25) is 0 Å². The fourth-order valence-electron chi connectivity index (χ4n) is 2.27. The number of aromatic nitrogens is 2. The van der Waals surface area contributed by atoms with Gasteiger partial charge in [-0.05, 0) is 19.9 Å². The SMILES string of the molecule is CC(C)N(CCC#N)c1c(C(=O)O)nnc2ccccc12. The second-order valence-electron chi connectivity index (χ2n) is 4.91. The summed E-state index contributed by atoms with van der Waals surface area (Å²) in [7, 11) is 0. The van der Waals surface area contributed by atoms with Crippen molar-refractivity contribution in [3.05, 3.63) is 30.0 Å². The molecule has 2 aromatic rings. The Morgan fingerprint density at radius 2 is 2.10 bits per heavy atom. The normalized spacial score (nSPS) is 10.6. The summed E-state index contributed by atoms with van der Waals surface area (Å²) in [6, 6.07) is 9.42. The second kappa shape index (κ2) is 6.18. The first-order chi connectivity index (χ1) is 10.1. The van der Waals surface area contributed by atoms with Gasteiger partial charge in [-0.1, -0.05) is 18.2 Å². The van der Waals surface area contributed by atoms with Crippen LogP contribution in [0.15, 0.2) is 24.3 Å². The average Bonchev–Trinajstić information content (AvgIpc) is 2.47. The van der Waals surface area contributed by atoms with Crippen LogP contribution in [0, 0.1) is 11.3 Å². The van der Waals surface area contributed by atoms with Gasteiger partial charge in [-0.25, -0.2) is 4.79 Å². The largest absolute Gasteiger partial charge is 0.476 e. The minimum Gasteiger partial charge on any atom is -0.476 e. The second-order valence-corrected chi connectivity index (χ2v) is 4.91. The van der Waals surface area contributed by atoms with Crippen molar-refractivity contribution >= 4 is 22.6 Å². The first-order valence-electron chi connectivity index (χ1n) is 6.68. The van der Waals surface area contributed by atoms with Gasteiger partial charge in [0.2, 0.25) is 0 Å². The molecule has 2 rings (SSSR count). The van der Waals surface area contributed by atoms with Gasteiger partial charge in [-0.15, -0.1) is 10.2 Å². The van der Waals surface area contributed by atoms with Gasteiger partial charge in [0.1, 0.15) is 0 Å². The predicted octanol–water partition coefficient (Wildman–Crippen LogP) is 2.46. The zero-order chi connectivity index (χ0) is 15.4. The van der Waals surface area contributed by atoms with E-state index in [0.29, 0.717) is 24.2 Å². The zero-order valence-electron chi connectivity index (χ0n) is 11.9. The minimum atomic E-state index is -1.12. The molecular formula is C15H16N4O2. The Morgan fingerprint density at radius 3 is 2.71 bits per heavy atom. The number of anilines is 1. The quantitative estimate of drug-likeness (QED) is 0.907. The fourth-order valence-corrected chi connectivity index (χ4v) is 2.27. The topological polar surface area (TPSA) is 90.1 Å². The van der Waals surface area contributed by atoms with Crippen LogP contribution in [0.5, 0.6) is 0 Å². The Balaban J connectivity index is 2.70. The number of rotatable bonds is 5. The molecule has 1 heterocycles. The number of hydrogen-bond acceptors (Lipinski definition) is 5. The first-order valence-corrected chi connectivity index (χ1v) is 6.68. The molecule has 0 aliphatic rings. The standard InChI is InChI=1S/C15H16N4O2/c1-10(2)19(9-5-8-16)14-11-6-3-4-7-12(11)17-18-13(14)15(20)21/h3-4,6-7,10H,5,9H2,1-2H3,(H,20,21). The molecular weight excluding hydrogens is 268 g/mol. The van der Waals surface area contributed by atoms with Crippen LogP contribution in [0.1, 0.15) is 30.8 Å². The van der Waals surface area contributed by atoms with E-state index in [2.05, 4.69) is 16.3 Å². The smallest absolute Gasteiger partial charge is 0.358 e. The maximum absolute atomic E-state index is 11.5. The lowest BCUT2D eigenvalue weighted by molar-refractivity contribution is 0.0690. The number of carboxylic acid groups (broad SMARTS) is 1. The van der Waals surface area contributed by atoms with Gasteiger partial charge in [0.25, 0.3) is 0 Å². The summed E-state index contributed by atoms with van der Waals surface area (Å²) < 4.78 is 0. The van der Waals surface area contributed by atoms with E-state index >= 15 is 0 Å². The Kier molecular flexibility index (Phi) is 4.33. The monoisotopic (exact) mass is 284 g/mol. The molecule has 0 aliphatic carbocycles. The number of nitriles is 1. The van der Waals surface area contributed by atoms with E-state index in [1.807, 2.05) is 36.9 Å². The van der Waals surface area contributed by atoms with Gasteiger partial charge in [0.15, 0.2) is 5.69 Å². The van der Waals surface area contributed by atoms with Crippen molar-refractivity contribution in [2.45, 2.75) is 26.3 Å². The maximum atomic E-state index is 11.5. The molecule has 0 radical (unpaired) electrons. The number of fused-ring (bicyclic) bond motifs is 1. The molecule has 0 saturated carbocycles. The lowest BCUT2D eigenvalue weighted by Gasteiger charge is -2.29. The van der Waals surface area contributed by atoms with E-state index in [0.717, 1.165) is 5.39 Å². The molecule has 6 nitrogen and oxygen atoms in total. The van der Waals surface area contributed by atoms with Crippen molar-refractivity contribution in [3.8, 4) is 6.07 Å². The van der Waals surface area contributed by atoms with E-state index in [-0.39, 0.29) is 11.7 Å². The average molecular weight is 284 g/mol. The summed E-state index contributed by atoms with van der Waals surface area (Å²) in [5.74, 6) is -1.12. The summed E-state index contributed by atoms with van der Waals surface area (Å²) in [6.45, 7) is 4.36. The van der Waals surface area contributed by atoms with Crippen molar-refractivity contribution in [2.24, 2.45) is 0 Å². The van der Waals surface area contributed by atoms with Crippen LogP contribution >= 0.6 is 0 Å². The summed E-state index contributed by atoms with van der Waals surface area (Å²) in [6.07, 6.45) is 0.313. The summed E-state index contributed by atoms with van der Waals surface area (Å²) in [5, 5.41) is 26.7. The lowest BCUT2D eigenvalue weighted by Crippen LogP contribution is -2.33. The van der Waals surface area contributed by atoms with Crippen LogP contribution in [-0.2, 0) is 0 Å². The minimum absolute atomic E-state index is 0.0454. The highest BCUT2D eigenvalue weighted by Gasteiger charge is 2.23. The van der Waals surface area contributed by atoms with E-state index in [1.54, 1.807) is 6.07 Å². The van der Waals surface area contributed by atoms with Crippen LogP contribution in [0.25, 0.3) is 10.9 Å². The maximum Gasteiger partial charge on any atom is 0.358 e. The number of carbonyl (C=O) groups is 1. The Morgan fingerprint density at radius 1 is 1.38 bits per heavy atom. The Labute approximate surface area is 122 Å². The van der Waals surface area contributed by atoms with Gasteiger partial charge in [0, 0.05) is 18.0 Å². The summed E-state index contributed by atoms with van der Waals surface area (Å²) in [4.78, 5) is 13.4. The Hall–Kier alpha value is -2.68. The Bertz CT molecular complexity index is 706. The molecule has 0 bridgehead atoms. The van der Waals surface area contributed by atoms with Crippen LogP contribution in [0.3, 0.4) is 0 Å². The molecule has 1 aromatic carbocycles. The molecule has 0 unspecified atom stereocenters. The third kappa shape index (κ3) is 2.92. The van der Waals surface area contributed by atoms with Crippen LogP contribution in [0.4, 0.5) is 5.69 Å². The number of benzene rings is 1. The van der Waals surface area contributed by atoms with E-state index in [4.69, 9.17) is 5.26 Å². The van der Waals surface area contributed by atoms with Crippen molar-refractivity contribution in [2.75, 3.05) is 11.4 Å². The number of nitrogens with zero attached hydrogens (tertiary/aromatic N) is 4. The van der Waals surface area contributed by atoms with Crippen molar-refractivity contribution in [1.29, 1.82) is 5.26 Å². The predicted molar refractivity (Wildman–Crippen MR) is 79.2 cm³/mol. The van der Waals surface area contributed by atoms with E-state index in [9.17, 15) is 9.90 Å².